The summed E-state index contributed by atoms with van der Waals surface area (Å²) < 4.78 is 1.14. The van der Waals surface area contributed by atoms with Gasteiger partial charge in [0.2, 0.25) is 5.91 Å². The van der Waals surface area contributed by atoms with Crippen molar-refractivity contribution >= 4 is 44.4 Å². The standard InChI is InChI=1S/C18H18N2OS2/c1-12-10-13(2)17-15(11-12)19-18(23-17)20-16(21)8-9-22-14-6-4-3-5-7-14/h3-7,10-11H,8-9H2,1-2H3,(H,19,20,21). The first-order valence-electron chi connectivity index (χ1n) is 7.47. The van der Waals surface area contributed by atoms with E-state index in [0.717, 1.165) is 16.0 Å². The van der Waals surface area contributed by atoms with Crippen LogP contribution in [-0.2, 0) is 4.79 Å². The number of rotatable bonds is 5. The summed E-state index contributed by atoms with van der Waals surface area (Å²) in [5.41, 5.74) is 3.36. The quantitative estimate of drug-likeness (QED) is 0.661. The fraction of sp³-hybridized carbons (Fsp3) is 0.222. The van der Waals surface area contributed by atoms with Gasteiger partial charge in [-0.25, -0.2) is 4.98 Å². The molecule has 0 bridgehead atoms. The third kappa shape index (κ3) is 4.12. The molecular formula is C18H18N2OS2. The fourth-order valence-electron chi connectivity index (χ4n) is 2.39. The van der Waals surface area contributed by atoms with E-state index >= 15 is 0 Å². The van der Waals surface area contributed by atoms with Crippen LogP contribution >= 0.6 is 23.1 Å². The van der Waals surface area contributed by atoms with Gasteiger partial charge in [-0.15, -0.1) is 11.8 Å². The van der Waals surface area contributed by atoms with Crippen LogP contribution in [0.4, 0.5) is 5.13 Å². The number of carbonyl (C=O) groups is 1. The van der Waals surface area contributed by atoms with Crippen molar-refractivity contribution in [2.75, 3.05) is 11.1 Å². The summed E-state index contributed by atoms with van der Waals surface area (Å²) >= 11 is 3.23. The zero-order valence-corrected chi connectivity index (χ0v) is 14.8. The van der Waals surface area contributed by atoms with Crippen LogP contribution in [0.3, 0.4) is 0 Å². The molecule has 0 radical (unpaired) electrons. The largest absolute Gasteiger partial charge is 0.302 e. The fourth-order valence-corrected chi connectivity index (χ4v) is 4.19. The van der Waals surface area contributed by atoms with Crippen molar-refractivity contribution in [3.63, 3.8) is 0 Å². The molecule has 118 valence electrons. The van der Waals surface area contributed by atoms with Crippen LogP contribution < -0.4 is 5.32 Å². The molecule has 23 heavy (non-hydrogen) atoms. The molecule has 2 aromatic carbocycles. The highest BCUT2D eigenvalue weighted by molar-refractivity contribution is 7.99. The first kappa shape index (κ1) is 16.0. The second kappa shape index (κ2) is 7.15. The summed E-state index contributed by atoms with van der Waals surface area (Å²) in [5.74, 6) is 0.778. The average Bonchev–Trinajstić information content (AvgIpc) is 2.91. The van der Waals surface area contributed by atoms with E-state index < -0.39 is 0 Å². The molecule has 0 saturated carbocycles. The smallest absolute Gasteiger partial charge is 0.226 e. The number of aryl methyl sites for hydroxylation is 2. The molecule has 5 heteroatoms. The highest BCUT2D eigenvalue weighted by atomic mass is 32.2. The highest BCUT2D eigenvalue weighted by Crippen LogP contribution is 2.30. The Morgan fingerprint density at radius 1 is 1.22 bits per heavy atom. The minimum absolute atomic E-state index is 0.0156. The number of amides is 1. The molecule has 1 N–H and O–H groups in total. The molecule has 1 aromatic heterocycles. The molecule has 0 unspecified atom stereocenters. The van der Waals surface area contributed by atoms with Gasteiger partial charge in [0.05, 0.1) is 10.2 Å². The molecular weight excluding hydrogens is 324 g/mol. The number of carbonyl (C=O) groups excluding carboxylic acids is 1. The number of hydrogen-bond donors (Lipinski definition) is 1. The van der Waals surface area contributed by atoms with Crippen LogP contribution in [0.5, 0.6) is 0 Å². The van der Waals surface area contributed by atoms with Crippen LogP contribution in [0.15, 0.2) is 47.4 Å². The van der Waals surface area contributed by atoms with Gasteiger partial charge in [0.15, 0.2) is 5.13 Å². The monoisotopic (exact) mass is 342 g/mol. The summed E-state index contributed by atoms with van der Waals surface area (Å²) in [4.78, 5) is 17.8. The molecule has 3 aromatic rings. The third-order valence-electron chi connectivity index (χ3n) is 3.41. The van der Waals surface area contributed by atoms with Gasteiger partial charge in [-0.1, -0.05) is 35.6 Å². The van der Waals surface area contributed by atoms with E-state index in [-0.39, 0.29) is 5.91 Å². The van der Waals surface area contributed by atoms with Crippen molar-refractivity contribution in [1.29, 1.82) is 0 Å². The number of benzene rings is 2. The van der Waals surface area contributed by atoms with Gasteiger partial charge in [0.1, 0.15) is 0 Å². The zero-order chi connectivity index (χ0) is 16.2. The van der Waals surface area contributed by atoms with Crippen molar-refractivity contribution < 1.29 is 4.79 Å². The summed E-state index contributed by atoms with van der Waals surface area (Å²) in [6.07, 6.45) is 0.480. The maximum atomic E-state index is 12.1. The van der Waals surface area contributed by atoms with E-state index in [0.29, 0.717) is 11.6 Å². The summed E-state index contributed by atoms with van der Waals surface area (Å²) in [6, 6.07) is 14.3. The number of thioether (sulfide) groups is 1. The first-order chi connectivity index (χ1) is 11.1. The number of aromatic nitrogens is 1. The van der Waals surface area contributed by atoms with Crippen LogP contribution in [0.2, 0.25) is 0 Å². The lowest BCUT2D eigenvalue weighted by Gasteiger charge is -2.02. The number of anilines is 1. The predicted molar refractivity (Wildman–Crippen MR) is 99.5 cm³/mol. The van der Waals surface area contributed by atoms with Gasteiger partial charge in [-0.05, 0) is 43.2 Å². The summed E-state index contributed by atoms with van der Waals surface area (Å²) in [5, 5.41) is 3.60. The van der Waals surface area contributed by atoms with Crippen LogP contribution in [0.1, 0.15) is 17.5 Å². The van der Waals surface area contributed by atoms with E-state index in [1.54, 1.807) is 23.1 Å². The Morgan fingerprint density at radius 3 is 2.78 bits per heavy atom. The molecule has 0 atom stereocenters. The van der Waals surface area contributed by atoms with Crippen LogP contribution in [0.25, 0.3) is 10.2 Å². The van der Waals surface area contributed by atoms with Gasteiger partial charge in [0, 0.05) is 17.1 Å². The zero-order valence-electron chi connectivity index (χ0n) is 13.1. The Bertz CT molecular complexity index is 828. The minimum Gasteiger partial charge on any atom is -0.302 e. The van der Waals surface area contributed by atoms with Crippen LogP contribution in [-0.4, -0.2) is 16.6 Å². The predicted octanol–water partition coefficient (Wildman–Crippen LogP) is 5.03. The lowest BCUT2D eigenvalue weighted by Crippen LogP contribution is -2.11. The van der Waals surface area contributed by atoms with Crippen molar-refractivity contribution in [2.45, 2.75) is 25.2 Å². The third-order valence-corrected chi connectivity index (χ3v) is 5.54. The van der Waals surface area contributed by atoms with Gasteiger partial charge in [0.25, 0.3) is 0 Å². The SMILES string of the molecule is Cc1cc(C)c2sc(NC(=O)CCSc3ccccc3)nc2c1. The van der Waals surface area contributed by atoms with Crippen LogP contribution in [0, 0.1) is 13.8 Å². The molecule has 0 fully saturated rings. The summed E-state index contributed by atoms with van der Waals surface area (Å²) in [6.45, 7) is 4.14. The summed E-state index contributed by atoms with van der Waals surface area (Å²) in [7, 11) is 0. The second-order valence-corrected chi connectivity index (χ2v) is 7.58. The minimum atomic E-state index is 0.0156. The number of thiazole rings is 1. The maximum Gasteiger partial charge on any atom is 0.226 e. The van der Waals surface area contributed by atoms with Gasteiger partial charge < -0.3 is 5.32 Å². The number of nitrogens with one attached hydrogen (secondary N) is 1. The lowest BCUT2D eigenvalue weighted by atomic mass is 10.1. The van der Waals surface area contributed by atoms with Crippen molar-refractivity contribution in [2.24, 2.45) is 0 Å². The van der Waals surface area contributed by atoms with E-state index in [1.165, 1.54) is 16.0 Å². The molecule has 3 nitrogen and oxygen atoms in total. The van der Waals surface area contributed by atoms with E-state index in [9.17, 15) is 4.79 Å². The van der Waals surface area contributed by atoms with E-state index in [1.807, 2.05) is 18.2 Å². The Kier molecular flexibility index (Phi) is 4.98. The number of hydrogen-bond acceptors (Lipinski definition) is 4. The highest BCUT2D eigenvalue weighted by Gasteiger charge is 2.10. The Morgan fingerprint density at radius 2 is 2.00 bits per heavy atom. The average molecular weight is 342 g/mol. The lowest BCUT2D eigenvalue weighted by molar-refractivity contribution is -0.115. The van der Waals surface area contributed by atoms with E-state index in [4.69, 9.17) is 0 Å². The number of fused-ring (bicyclic) bond motifs is 1. The maximum absolute atomic E-state index is 12.1. The second-order valence-electron chi connectivity index (χ2n) is 5.41. The first-order valence-corrected chi connectivity index (χ1v) is 9.27. The molecule has 1 heterocycles. The van der Waals surface area contributed by atoms with Gasteiger partial charge >= 0.3 is 0 Å². The Hall–Kier alpha value is -1.85. The molecule has 0 saturated heterocycles. The van der Waals surface area contributed by atoms with Gasteiger partial charge in [-0.2, -0.15) is 0 Å². The van der Waals surface area contributed by atoms with Crippen molar-refractivity contribution in [1.82, 2.24) is 4.98 Å². The normalized spacial score (nSPS) is 10.9. The topological polar surface area (TPSA) is 42.0 Å². The van der Waals surface area contributed by atoms with Crippen molar-refractivity contribution in [3.05, 3.63) is 53.6 Å². The molecule has 1 amide bonds. The Balaban J connectivity index is 1.58. The molecule has 0 aliphatic rings. The van der Waals surface area contributed by atoms with E-state index in [2.05, 4.69) is 48.4 Å². The molecule has 0 aliphatic carbocycles. The molecule has 0 spiro atoms. The Labute approximate surface area is 144 Å². The molecule has 3 rings (SSSR count). The number of nitrogens with zero attached hydrogens (tertiary/aromatic N) is 1. The molecule has 0 aliphatic heterocycles. The van der Waals surface area contributed by atoms with Crippen molar-refractivity contribution in [3.8, 4) is 0 Å². The van der Waals surface area contributed by atoms with Gasteiger partial charge in [-0.3, -0.25) is 4.79 Å².